The molecule has 1 unspecified atom stereocenters. The molecule has 0 aromatic carbocycles. The lowest BCUT2D eigenvalue weighted by Crippen LogP contribution is -2.39. The minimum Gasteiger partial charge on any atom is -0.349 e. The third kappa shape index (κ3) is 3.92. The van der Waals surface area contributed by atoms with Gasteiger partial charge in [0.05, 0.1) is 21.8 Å². The van der Waals surface area contributed by atoms with Crippen molar-refractivity contribution in [1.29, 1.82) is 0 Å². The Kier molecular flexibility index (Phi) is 5.41. The molecule has 0 bridgehead atoms. The quantitative estimate of drug-likeness (QED) is 0.683. The van der Waals surface area contributed by atoms with E-state index in [4.69, 9.17) is 11.6 Å². The summed E-state index contributed by atoms with van der Waals surface area (Å²) in [6.07, 6.45) is 6.87. The molecule has 3 aromatic rings. The van der Waals surface area contributed by atoms with Crippen LogP contribution < -0.4 is 11.0 Å². The van der Waals surface area contributed by atoms with Crippen LogP contribution in [0.25, 0.3) is 11.2 Å². The molecule has 3 heterocycles. The molecular formula is C21H24ClN5O2. The summed E-state index contributed by atoms with van der Waals surface area (Å²) in [5, 5.41) is 3.57. The third-order valence-electron chi connectivity index (χ3n) is 5.97. The molecule has 29 heavy (non-hydrogen) atoms. The van der Waals surface area contributed by atoms with Crippen molar-refractivity contribution in [2.24, 2.45) is 5.92 Å². The highest BCUT2D eigenvalue weighted by Crippen LogP contribution is 2.33. The van der Waals surface area contributed by atoms with Gasteiger partial charge in [0.25, 0.3) is 5.91 Å². The summed E-state index contributed by atoms with van der Waals surface area (Å²) in [6.45, 7) is 3.88. The highest BCUT2D eigenvalue weighted by atomic mass is 35.5. The van der Waals surface area contributed by atoms with Crippen molar-refractivity contribution in [3.8, 4) is 0 Å². The van der Waals surface area contributed by atoms with Crippen molar-refractivity contribution in [3.05, 3.63) is 57.4 Å². The van der Waals surface area contributed by atoms with Gasteiger partial charge in [0.15, 0.2) is 5.65 Å². The third-order valence-corrected chi connectivity index (χ3v) is 6.18. The van der Waals surface area contributed by atoms with Crippen LogP contribution in [0.1, 0.15) is 54.7 Å². The van der Waals surface area contributed by atoms with E-state index in [0.29, 0.717) is 27.8 Å². The van der Waals surface area contributed by atoms with E-state index >= 15 is 0 Å². The van der Waals surface area contributed by atoms with E-state index in [9.17, 15) is 9.59 Å². The summed E-state index contributed by atoms with van der Waals surface area (Å²) < 4.78 is 1.76. The summed E-state index contributed by atoms with van der Waals surface area (Å²) in [4.78, 5) is 36.5. The van der Waals surface area contributed by atoms with E-state index in [0.717, 1.165) is 31.2 Å². The summed E-state index contributed by atoms with van der Waals surface area (Å²) in [6, 6.07) is 5.50. The number of amides is 1. The zero-order chi connectivity index (χ0) is 20.5. The normalized spacial score (nSPS) is 20.5. The van der Waals surface area contributed by atoms with Crippen LogP contribution in [0.2, 0.25) is 5.02 Å². The number of rotatable bonds is 4. The molecule has 0 radical (unpaired) electrons. The number of nitrogens with one attached hydrogen (secondary N) is 2. The first kappa shape index (κ1) is 19.6. The number of imidazole rings is 1. The molecule has 1 atom stereocenters. The smallest absolute Gasteiger partial charge is 0.327 e. The lowest BCUT2D eigenvalue weighted by atomic mass is 9.82. The molecule has 1 aliphatic rings. The summed E-state index contributed by atoms with van der Waals surface area (Å²) in [5.74, 6) is 0.225. The Labute approximate surface area is 173 Å². The van der Waals surface area contributed by atoms with Gasteiger partial charge in [-0.15, -0.1) is 0 Å². The first-order chi connectivity index (χ1) is 13.9. The molecule has 1 aliphatic carbocycles. The number of carbonyl (C=O) groups is 1. The lowest BCUT2D eigenvalue weighted by Gasteiger charge is -2.33. The molecule has 4 rings (SSSR count). The number of aryl methyl sites for hydroxylation is 1. The molecule has 152 valence electrons. The minimum absolute atomic E-state index is 0.0437. The number of carbonyl (C=O) groups excluding carboxylic acids is 1. The number of nitrogens with zero attached hydrogens (tertiary/aromatic N) is 3. The van der Waals surface area contributed by atoms with Crippen LogP contribution in [0.5, 0.6) is 0 Å². The number of hydrogen-bond acceptors (Lipinski definition) is 4. The molecule has 1 amide bonds. The summed E-state index contributed by atoms with van der Waals surface area (Å²) >= 11 is 5.98. The number of H-pyrrole nitrogens is 1. The number of hydrogen-bond donors (Lipinski definition) is 2. The van der Waals surface area contributed by atoms with Crippen molar-refractivity contribution in [2.75, 3.05) is 0 Å². The largest absolute Gasteiger partial charge is 0.349 e. The first-order valence-electron chi connectivity index (χ1n) is 9.92. The number of aromatic amines is 1. The average molecular weight is 414 g/mol. The van der Waals surface area contributed by atoms with E-state index in [2.05, 4.69) is 27.2 Å². The van der Waals surface area contributed by atoms with Gasteiger partial charge in [0.1, 0.15) is 0 Å². The fourth-order valence-corrected chi connectivity index (χ4v) is 4.45. The highest BCUT2D eigenvalue weighted by Gasteiger charge is 2.29. The van der Waals surface area contributed by atoms with Gasteiger partial charge in [-0.2, -0.15) is 0 Å². The van der Waals surface area contributed by atoms with Crippen LogP contribution in [0, 0.1) is 12.8 Å². The average Bonchev–Trinajstić information content (AvgIpc) is 3.05. The van der Waals surface area contributed by atoms with Crippen LogP contribution in [-0.4, -0.2) is 31.5 Å². The standard InChI is InChI=1S/C21H24ClN5O2/c1-12-17(10-15(22)11-24-12)20(28)25-16-7-5-14(6-8-16)13(2)27-19-18(26-21(27)29)4-3-9-23-19/h3-4,9-11,13-14,16H,5-8H2,1-2H3,(H,25,28)(H,26,29). The molecule has 7 nitrogen and oxygen atoms in total. The van der Waals surface area contributed by atoms with Crippen LogP contribution in [0.3, 0.4) is 0 Å². The maximum Gasteiger partial charge on any atom is 0.327 e. The predicted octanol–water partition coefficient (Wildman–Crippen LogP) is 3.63. The zero-order valence-electron chi connectivity index (χ0n) is 16.5. The Bertz CT molecular complexity index is 1100. The van der Waals surface area contributed by atoms with Gasteiger partial charge >= 0.3 is 5.69 Å². The lowest BCUT2D eigenvalue weighted by molar-refractivity contribution is 0.0916. The Balaban J connectivity index is 1.41. The number of halogens is 1. The fourth-order valence-electron chi connectivity index (χ4n) is 4.29. The Morgan fingerprint density at radius 1 is 1.31 bits per heavy atom. The van der Waals surface area contributed by atoms with Gasteiger partial charge in [0, 0.05) is 24.5 Å². The van der Waals surface area contributed by atoms with Crippen molar-refractivity contribution in [3.63, 3.8) is 0 Å². The number of pyridine rings is 2. The summed E-state index contributed by atoms with van der Waals surface area (Å²) in [5.41, 5.74) is 2.52. The Morgan fingerprint density at radius 3 is 2.83 bits per heavy atom. The molecule has 0 aliphatic heterocycles. The summed E-state index contributed by atoms with van der Waals surface area (Å²) in [7, 11) is 0. The van der Waals surface area contributed by atoms with E-state index in [-0.39, 0.29) is 23.7 Å². The van der Waals surface area contributed by atoms with Crippen LogP contribution in [0.4, 0.5) is 0 Å². The van der Waals surface area contributed by atoms with Crippen molar-refractivity contribution >= 4 is 28.7 Å². The SMILES string of the molecule is Cc1ncc(Cl)cc1C(=O)NC1CCC(C(C)n2c(=O)[nH]c3cccnc32)CC1. The van der Waals surface area contributed by atoms with Gasteiger partial charge in [-0.1, -0.05) is 11.6 Å². The second-order valence-electron chi connectivity index (χ2n) is 7.79. The van der Waals surface area contributed by atoms with Gasteiger partial charge in [-0.3, -0.25) is 14.3 Å². The van der Waals surface area contributed by atoms with E-state index in [1.165, 1.54) is 0 Å². The zero-order valence-corrected chi connectivity index (χ0v) is 17.2. The molecule has 3 aromatic heterocycles. The van der Waals surface area contributed by atoms with Gasteiger partial charge in [-0.05, 0) is 63.6 Å². The van der Waals surface area contributed by atoms with Gasteiger partial charge < -0.3 is 10.3 Å². The molecule has 0 saturated heterocycles. The topological polar surface area (TPSA) is 92.7 Å². The van der Waals surface area contributed by atoms with Crippen LogP contribution in [0.15, 0.2) is 35.4 Å². The Hall–Kier alpha value is -2.67. The van der Waals surface area contributed by atoms with E-state index in [1.54, 1.807) is 30.0 Å². The van der Waals surface area contributed by atoms with Crippen molar-refractivity contribution in [2.45, 2.75) is 51.6 Å². The first-order valence-corrected chi connectivity index (χ1v) is 10.3. The maximum absolute atomic E-state index is 12.6. The predicted molar refractivity (Wildman–Crippen MR) is 112 cm³/mol. The second-order valence-corrected chi connectivity index (χ2v) is 8.22. The molecule has 1 fully saturated rings. The van der Waals surface area contributed by atoms with Gasteiger partial charge in [0.2, 0.25) is 0 Å². The minimum atomic E-state index is -0.133. The monoisotopic (exact) mass is 413 g/mol. The molecule has 1 saturated carbocycles. The van der Waals surface area contributed by atoms with E-state index < -0.39 is 0 Å². The Morgan fingerprint density at radius 2 is 2.07 bits per heavy atom. The number of fused-ring (bicyclic) bond motifs is 1. The number of aromatic nitrogens is 4. The second kappa shape index (κ2) is 7.99. The fraction of sp³-hybridized carbons (Fsp3) is 0.429. The molecular weight excluding hydrogens is 390 g/mol. The van der Waals surface area contributed by atoms with Crippen molar-refractivity contribution < 1.29 is 4.79 Å². The van der Waals surface area contributed by atoms with Crippen LogP contribution in [-0.2, 0) is 0 Å². The molecule has 0 spiro atoms. The van der Waals surface area contributed by atoms with Crippen LogP contribution >= 0.6 is 11.6 Å². The maximum atomic E-state index is 12.6. The van der Waals surface area contributed by atoms with E-state index in [1.807, 2.05) is 12.1 Å². The van der Waals surface area contributed by atoms with Gasteiger partial charge in [-0.25, -0.2) is 9.78 Å². The highest BCUT2D eigenvalue weighted by molar-refractivity contribution is 6.30. The van der Waals surface area contributed by atoms with Crippen molar-refractivity contribution in [1.82, 2.24) is 24.8 Å². The molecule has 2 N–H and O–H groups in total. The molecule has 8 heteroatoms.